The fraction of sp³-hybridized carbons (Fsp3) is 0.636. The summed E-state index contributed by atoms with van der Waals surface area (Å²) in [5.41, 5.74) is 1.05. The molecule has 2 aliphatic carbocycles. The highest BCUT2D eigenvalue weighted by molar-refractivity contribution is 5.85. The molecule has 1 amide bonds. The van der Waals surface area contributed by atoms with Crippen LogP contribution in [0, 0.1) is 11.3 Å². The van der Waals surface area contributed by atoms with E-state index in [4.69, 9.17) is 0 Å². The van der Waals surface area contributed by atoms with Crippen molar-refractivity contribution in [1.82, 2.24) is 5.32 Å². The average Bonchev–Trinajstić information content (AvgIpc) is 3.26. The molecule has 1 saturated carbocycles. The summed E-state index contributed by atoms with van der Waals surface area (Å²) in [6.07, 6.45) is 6.43. The van der Waals surface area contributed by atoms with Gasteiger partial charge >= 0.3 is 5.97 Å². The van der Waals surface area contributed by atoms with Gasteiger partial charge in [-0.1, -0.05) is 50.5 Å². The van der Waals surface area contributed by atoms with Crippen LogP contribution in [0.15, 0.2) is 24.3 Å². The van der Waals surface area contributed by atoms with Gasteiger partial charge in [-0.2, -0.15) is 0 Å². The van der Waals surface area contributed by atoms with Gasteiger partial charge in [0, 0.05) is 0 Å². The van der Waals surface area contributed by atoms with Crippen LogP contribution in [0.25, 0.3) is 0 Å². The van der Waals surface area contributed by atoms with E-state index in [-0.39, 0.29) is 12.5 Å². The second-order valence-electron chi connectivity index (χ2n) is 8.53. The number of aliphatic hydroxyl groups is 1. The fourth-order valence-corrected chi connectivity index (χ4v) is 5.02. The third kappa shape index (κ3) is 4.03. The predicted octanol–water partition coefficient (Wildman–Crippen LogP) is 3.08. The van der Waals surface area contributed by atoms with Crippen LogP contribution < -0.4 is 5.32 Å². The molecule has 1 atom stereocenters. The molecule has 27 heavy (non-hydrogen) atoms. The quantitative estimate of drug-likeness (QED) is 0.653. The highest BCUT2D eigenvalue weighted by atomic mass is 16.4. The summed E-state index contributed by atoms with van der Waals surface area (Å²) in [5.74, 6) is -1.35. The van der Waals surface area contributed by atoms with Crippen molar-refractivity contribution in [3.8, 4) is 0 Å². The Labute approximate surface area is 161 Å². The fourth-order valence-electron chi connectivity index (χ4n) is 5.02. The van der Waals surface area contributed by atoms with Crippen molar-refractivity contribution >= 4 is 11.9 Å². The van der Waals surface area contributed by atoms with Gasteiger partial charge in [-0.05, 0) is 49.7 Å². The van der Waals surface area contributed by atoms with Crippen LogP contribution in [-0.4, -0.2) is 34.2 Å². The van der Waals surface area contributed by atoms with Crippen LogP contribution in [0.1, 0.15) is 63.0 Å². The minimum Gasteiger partial charge on any atom is -0.481 e. The van der Waals surface area contributed by atoms with E-state index in [1.807, 2.05) is 31.2 Å². The number of aliphatic carboxylic acids is 1. The Morgan fingerprint density at radius 1 is 1.15 bits per heavy atom. The highest BCUT2D eigenvalue weighted by Crippen LogP contribution is 2.45. The molecule has 0 saturated heterocycles. The average molecular weight is 373 g/mol. The first kappa shape index (κ1) is 19.9. The molecule has 1 fully saturated rings. The van der Waals surface area contributed by atoms with E-state index in [2.05, 4.69) is 5.32 Å². The molecule has 0 aromatic heterocycles. The Hall–Kier alpha value is -1.88. The zero-order valence-corrected chi connectivity index (χ0v) is 16.2. The Morgan fingerprint density at radius 2 is 1.74 bits per heavy atom. The number of nitrogens with one attached hydrogen (secondary N) is 1. The summed E-state index contributed by atoms with van der Waals surface area (Å²) in [4.78, 5) is 25.1. The number of hydrogen-bond acceptors (Lipinski definition) is 3. The standard InChI is InChI=1S/C22H31NO4/c1-2-7-18(19(25)26)12-21(10-5-6-11-21)20(27)23-22(15-24)13-16-8-3-4-9-17(16)14-22/h3-4,8-9,18,24H,2,5-7,10-15H2,1H3,(H,23,27)(H,25,26)/t18-/m0/s1. The summed E-state index contributed by atoms with van der Waals surface area (Å²) in [6, 6.07) is 8.06. The smallest absolute Gasteiger partial charge is 0.306 e. The van der Waals surface area contributed by atoms with E-state index in [9.17, 15) is 19.8 Å². The molecule has 1 aromatic carbocycles. The molecule has 0 spiro atoms. The second kappa shape index (κ2) is 8.01. The third-order valence-electron chi connectivity index (χ3n) is 6.52. The summed E-state index contributed by atoms with van der Waals surface area (Å²) in [6.45, 7) is 1.87. The molecule has 0 heterocycles. The van der Waals surface area contributed by atoms with Gasteiger partial charge in [0.25, 0.3) is 0 Å². The van der Waals surface area contributed by atoms with Gasteiger partial charge in [-0.25, -0.2) is 0 Å². The van der Waals surface area contributed by atoms with Gasteiger partial charge in [-0.15, -0.1) is 0 Å². The molecule has 148 valence electrons. The molecule has 0 unspecified atom stereocenters. The first-order chi connectivity index (χ1) is 12.9. The Balaban J connectivity index is 1.78. The van der Waals surface area contributed by atoms with Crippen molar-refractivity contribution in [2.24, 2.45) is 11.3 Å². The molecule has 1 aromatic rings. The number of rotatable bonds is 8. The predicted molar refractivity (Wildman–Crippen MR) is 103 cm³/mol. The van der Waals surface area contributed by atoms with Gasteiger partial charge in [0.2, 0.25) is 5.91 Å². The van der Waals surface area contributed by atoms with E-state index < -0.39 is 22.8 Å². The van der Waals surface area contributed by atoms with Crippen molar-refractivity contribution in [2.75, 3.05) is 6.61 Å². The summed E-state index contributed by atoms with van der Waals surface area (Å²) >= 11 is 0. The van der Waals surface area contributed by atoms with E-state index in [0.29, 0.717) is 25.7 Å². The summed E-state index contributed by atoms with van der Waals surface area (Å²) in [5, 5.41) is 22.9. The first-order valence-electron chi connectivity index (χ1n) is 10.2. The lowest BCUT2D eigenvalue weighted by Gasteiger charge is -2.36. The Kier molecular flexibility index (Phi) is 5.89. The largest absolute Gasteiger partial charge is 0.481 e. The lowest BCUT2D eigenvalue weighted by atomic mass is 9.75. The number of carboxylic acids is 1. The molecule has 3 N–H and O–H groups in total. The topological polar surface area (TPSA) is 86.6 Å². The van der Waals surface area contributed by atoms with Crippen LogP contribution >= 0.6 is 0 Å². The van der Waals surface area contributed by atoms with Crippen LogP contribution in [0.3, 0.4) is 0 Å². The minimum atomic E-state index is -0.805. The Morgan fingerprint density at radius 3 is 2.22 bits per heavy atom. The molecular formula is C22H31NO4. The van der Waals surface area contributed by atoms with Crippen LogP contribution in [0.2, 0.25) is 0 Å². The highest BCUT2D eigenvalue weighted by Gasteiger charge is 2.47. The zero-order chi connectivity index (χ0) is 19.5. The van der Waals surface area contributed by atoms with Crippen molar-refractivity contribution in [2.45, 2.75) is 70.3 Å². The molecule has 5 nitrogen and oxygen atoms in total. The maximum absolute atomic E-state index is 13.4. The lowest BCUT2D eigenvalue weighted by molar-refractivity contribution is -0.145. The number of carbonyl (C=O) groups is 2. The van der Waals surface area contributed by atoms with Gasteiger partial charge in [-0.3, -0.25) is 9.59 Å². The number of carbonyl (C=O) groups excluding carboxylic acids is 1. The normalized spacial score (nSPS) is 20.8. The number of benzene rings is 1. The molecule has 5 heteroatoms. The van der Waals surface area contributed by atoms with Crippen LogP contribution in [-0.2, 0) is 22.4 Å². The number of hydrogen-bond donors (Lipinski definition) is 3. The van der Waals surface area contributed by atoms with Gasteiger partial charge in [0.1, 0.15) is 0 Å². The van der Waals surface area contributed by atoms with E-state index >= 15 is 0 Å². The molecule has 2 aliphatic rings. The Bertz CT molecular complexity index is 668. The number of fused-ring (bicyclic) bond motifs is 1. The lowest BCUT2D eigenvalue weighted by Crippen LogP contribution is -2.56. The monoisotopic (exact) mass is 373 g/mol. The molecular weight excluding hydrogens is 342 g/mol. The van der Waals surface area contributed by atoms with Crippen molar-refractivity contribution in [3.63, 3.8) is 0 Å². The number of carboxylic acid groups (broad SMARTS) is 1. The zero-order valence-electron chi connectivity index (χ0n) is 16.2. The molecule has 0 radical (unpaired) electrons. The summed E-state index contributed by atoms with van der Waals surface area (Å²) < 4.78 is 0. The summed E-state index contributed by atoms with van der Waals surface area (Å²) in [7, 11) is 0. The third-order valence-corrected chi connectivity index (χ3v) is 6.52. The maximum Gasteiger partial charge on any atom is 0.306 e. The second-order valence-corrected chi connectivity index (χ2v) is 8.53. The molecule has 0 bridgehead atoms. The minimum absolute atomic E-state index is 0.0655. The maximum atomic E-state index is 13.4. The van der Waals surface area contributed by atoms with Crippen LogP contribution in [0.4, 0.5) is 0 Å². The number of aliphatic hydroxyl groups excluding tert-OH is 1. The van der Waals surface area contributed by atoms with Crippen molar-refractivity contribution in [1.29, 1.82) is 0 Å². The van der Waals surface area contributed by atoms with Gasteiger partial charge in [0.05, 0.1) is 23.5 Å². The van der Waals surface area contributed by atoms with Gasteiger partial charge in [0.15, 0.2) is 0 Å². The van der Waals surface area contributed by atoms with E-state index in [1.165, 1.54) is 11.1 Å². The molecule has 0 aliphatic heterocycles. The van der Waals surface area contributed by atoms with E-state index in [0.717, 1.165) is 32.1 Å². The SMILES string of the molecule is CCC[C@@H](CC1(C(=O)NC2(CO)Cc3ccccc3C2)CCCC1)C(=O)O. The van der Waals surface area contributed by atoms with Crippen molar-refractivity contribution < 1.29 is 19.8 Å². The first-order valence-corrected chi connectivity index (χ1v) is 10.2. The van der Waals surface area contributed by atoms with E-state index in [1.54, 1.807) is 0 Å². The number of amides is 1. The van der Waals surface area contributed by atoms with Crippen LogP contribution in [0.5, 0.6) is 0 Å². The van der Waals surface area contributed by atoms with Crippen molar-refractivity contribution in [3.05, 3.63) is 35.4 Å². The molecule has 3 rings (SSSR count). The van der Waals surface area contributed by atoms with Gasteiger partial charge < -0.3 is 15.5 Å².